The molecule has 202 valence electrons. The van der Waals surface area contributed by atoms with Gasteiger partial charge in [0.1, 0.15) is 18.2 Å². The molecule has 2 N–H and O–H groups in total. The lowest BCUT2D eigenvalue weighted by molar-refractivity contribution is -0.149. The first kappa shape index (κ1) is 27.1. The van der Waals surface area contributed by atoms with E-state index >= 15 is 0 Å². The standard InChI is InChI=1S/C27H33FN6O4/c1-3-37-23(24(35)36)18-19-6-12-22(13-7-19)38-17-16-33(2)26-30-25(29-21-10-8-20(28)9-11-21)31-27(32-26)34-14-4-5-15-34/h6-13,23H,3-5,14-18H2,1-2H3,(H,35,36)(H,29,30,31,32). The van der Waals surface area contributed by atoms with Gasteiger partial charge in [-0.3, -0.25) is 0 Å². The Balaban J connectivity index is 1.38. The lowest BCUT2D eigenvalue weighted by Crippen LogP contribution is -2.28. The molecule has 10 nitrogen and oxygen atoms in total. The number of carboxylic acid groups (broad SMARTS) is 1. The zero-order valence-corrected chi connectivity index (χ0v) is 21.6. The number of rotatable bonds is 13. The molecule has 0 bridgehead atoms. The van der Waals surface area contributed by atoms with Crippen molar-refractivity contribution in [2.24, 2.45) is 0 Å². The number of aromatic nitrogens is 3. The second kappa shape index (κ2) is 13.0. The number of carboxylic acids is 1. The van der Waals surface area contributed by atoms with Crippen LogP contribution in [-0.4, -0.2) is 72.0 Å². The highest BCUT2D eigenvalue weighted by molar-refractivity contribution is 5.72. The highest BCUT2D eigenvalue weighted by Crippen LogP contribution is 2.22. The fourth-order valence-electron chi connectivity index (χ4n) is 4.06. The van der Waals surface area contributed by atoms with Crippen LogP contribution in [0.5, 0.6) is 5.75 Å². The minimum absolute atomic E-state index is 0.291. The first-order valence-electron chi connectivity index (χ1n) is 12.7. The van der Waals surface area contributed by atoms with Gasteiger partial charge in [0.2, 0.25) is 17.8 Å². The van der Waals surface area contributed by atoms with E-state index in [1.54, 1.807) is 19.1 Å². The summed E-state index contributed by atoms with van der Waals surface area (Å²) in [6, 6.07) is 13.4. The number of ether oxygens (including phenoxy) is 2. The van der Waals surface area contributed by atoms with Gasteiger partial charge >= 0.3 is 5.97 Å². The molecule has 11 heteroatoms. The number of likely N-dealkylation sites (N-methyl/N-ethyl adjacent to an activating group) is 1. The molecule has 0 radical (unpaired) electrons. The smallest absolute Gasteiger partial charge is 0.333 e. The number of carbonyl (C=O) groups is 1. The summed E-state index contributed by atoms with van der Waals surface area (Å²) in [5.41, 5.74) is 1.54. The molecule has 1 fully saturated rings. The highest BCUT2D eigenvalue weighted by atomic mass is 19.1. The summed E-state index contributed by atoms with van der Waals surface area (Å²) in [6.07, 6.45) is 1.60. The molecule has 4 rings (SSSR count). The monoisotopic (exact) mass is 524 g/mol. The summed E-state index contributed by atoms with van der Waals surface area (Å²) >= 11 is 0. The normalized spacial score (nSPS) is 13.8. The predicted octanol–water partition coefficient (Wildman–Crippen LogP) is 3.90. The van der Waals surface area contributed by atoms with Crippen LogP contribution in [0.25, 0.3) is 0 Å². The van der Waals surface area contributed by atoms with E-state index in [4.69, 9.17) is 9.47 Å². The van der Waals surface area contributed by atoms with Gasteiger partial charge < -0.3 is 29.7 Å². The van der Waals surface area contributed by atoms with Crippen molar-refractivity contribution in [1.29, 1.82) is 0 Å². The molecule has 1 atom stereocenters. The zero-order valence-electron chi connectivity index (χ0n) is 21.6. The summed E-state index contributed by atoms with van der Waals surface area (Å²) in [5, 5.41) is 12.4. The topological polar surface area (TPSA) is 113 Å². The number of nitrogens with zero attached hydrogens (tertiary/aromatic N) is 5. The van der Waals surface area contributed by atoms with Crippen molar-refractivity contribution in [2.45, 2.75) is 32.3 Å². The molecule has 0 saturated carbocycles. The van der Waals surface area contributed by atoms with Gasteiger partial charge in [0, 0.05) is 38.9 Å². The second-order valence-electron chi connectivity index (χ2n) is 8.99. The van der Waals surface area contributed by atoms with Gasteiger partial charge in [0.15, 0.2) is 6.10 Å². The summed E-state index contributed by atoms with van der Waals surface area (Å²) in [5.74, 6) is 0.885. The van der Waals surface area contributed by atoms with Gasteiger partial charge in [-0.25, -0.2) is 9.18 Å². The molecule has 2 heterocycles. The van der Waals surface area contributed by atoms with Crippen LogP contribution >= 0.6 is 0 Å². The summed E-state index contributed by atoms with van der Waals surface area (Å²) < 4.78 is 24.5. The molecule has 1 aliphatic heterocycles. The van der Waals surface area contributed by atoms with Crippen LogP contribution in [-0.2, 0) is 16.0 Å². The minimum Gasteiger partial charge on any atom is -0.492 e. The number of halogens is 1. The molecule has 1 unspecified atom stereocenters. The van der Waals surface area contributed by atoms with Crippen LogP contribution < -0.4 is 19.9 Å². The van der Waals surface area contributed by atoms with E-state index in [1.165, 1.54) is 12.1 Å². The van der Waals surface area contributed by atoms with Crippen LogP contribution in [0.1, 0.15) is 25.3 Å². The quantitative estimate of drug-likeness (QED) is 0.341. The number of benzene rings is 2. The molecule has 1 saturated heterocycles. The van der Waals surface area contributed by atoms with Crippen molar-refractivity contribution in [3.63, 3.8) is 0 Å². The van der Waals surface area contributed by atoms with E-state index < -0.39 is 12.1 Å². The molecule has 3 aromatic rings. The van der Waals surface area contributed by atoms with Gasteiger partial charge in [-0.2, -0.15) is 15.0 Å². The average molecular weight is 525 g/mol. The third-order valence-electron chi connectivity index (χ3n) is 6.13. The van der Waals surface area contributed by atoms with Crippen molar-refractivity contribution < 1.29 is 23.8 Å². The van der Waals surface area contributed by atoms with Crippen molar-refractivity contribution in [2.75, 3.05) is 55.0 Å². The van der Waals surface area contributed by atoms with Gasteiger partial charge in [0.05, 0.1) is 6.54 Å². The average Bonchev–Trinajstić information content (AvgIpc) is 3.46. The number of nitrogens with one attached hydrogen (secondary N) is 1. The maximum Gasteiger partial charge on any atom is 0.333 e. The fraction of sp³-hybridized carbons (Fsp3) is 0.407. The van der Waals surface area contributed by atoms with Crippen LogP contribution in [0.2, 0.25) is 0 Å². The summed E-state index contributed by atoms with van der Waals surface area (Å²) in [7, 11) is 1.89. The number of aliphatic carboxylic acids is 1. The Morgan fingerprint density at radius 2 is 1.82 bits per heavy atom. The van der Waals surface area contributed by atoms with Crippen LogP contribution in [0.15, 0.2) is 48.5 Å². The van der Waals surface area contributed by atoms with Gasteiger partial charge in [-0.05, 0) is 61.7 Å². The van der Waals surface area contributed by atoms with E-state index in [0.29, 0.717) is 55.5 Å². The zero-order chi connectivity index (χ0) is 26.9. The van der Waals surface area contributed by atoms with Crippen molar-refractivity contribution >= 4 is 29.5 Å². The minimum atomic E-state index is -0.975. The maximum atomic E-state index is 13.3. The van der Waals surface area contributed by atoms with E-state index in [-0.39, 0.29) is 5.82 Å². The molecule has 2 aromatic carbocycles. The van der Waals surface area contributed by atoms with E-state index in [9.17, 15) is 14.3 Å². The third-order valence-corrected chi connectivity index (χ3v) is 6.13. The van der Waals surface area contributed by atoms with E-state index in [1.807, 2.05) is 36.2 Å². The molecule has 0 spiro atoms. The molecular weight excluding hydrogens is 491 g/mol. The Hall–Kier alpha value is -3.99. The molecule has 38 heavy (non-hydrogen) atoms. The largest absolute Gasteiger partial charge is 0.492 e. The first-order valence-corrected chi connectivity index (χ1v) is 12.7. The molecule has 1 aliphatic rings. The van der Waals surface area contributed by atoms with Gasteiger partial charge in [-0.15, -0.1) is 0 Å². The lowest BCUT2D eigenvalue weighted by Gasteiger charge is -2.21. The predicted molar refractivity (Wildman–Crippen MR) is 143 cm³/mol. The van der Waals surface area contributed by atoms with Gasteiger partial charge in [0.25, 0.3) is 0 Å². The van der Waals surface area contributed by atoms with Crippen molar-refractivity contribution in [3.05, 3.63) is 59.9 Å². The van der Waals surface area contributed by atoms with E-state index in [2.05, 4.69) is 25.2 Å². The van der Waals surface area contributed by atoms with Crippen molar-refractivity contribution in [3.8, 4) is 5.75 Å². The number of anilines is 4. The summed E-state index contributed by atoms with van der Waals surface area (Å²) in [6.45, 7) is 4.80. The Labute approximate surface area is 221 Å². The highest BCUT2D eigenvalue weighted by Gasteiger charge is 2.20. The van der Waals surface area contributed by atoms with Crippen LogP contribution in [0, 0.1) is 5.82 Å². The molecule has 0 aliphatic carbocycles. The molecule has 1 aromatic heterocycles. The number of hydrogen-bond donors (Lipinski definition) is 2. The lowest BCUT2D eigenvalue weighted by atomic mass is 10.1. The fourth-order valence-corrected chi connectivity index (χ4v) is 4.06. The van der Waals surface area contributed by atoms with Crippen LogP contribution in [0.4, 0.5) is 27.9 Å². The first-order chi connectivity index (χ1) is 18.4. The van der Waals surface area contributed by atoms with Crippen molar-refractivity contribution in [1.82, 2.24) is 15.0 Å². The maximum absolute atomic E-state index is 13.3. The molecular formula is C27H33FN6O4. The van der Waals surface area contributed by atoms with Crippen LogP contribution in [0.3, 0.4) is 0 Å². The Bertz CT molecular complexity index is 1190. The summed E-state index contributed by atoms with van der Waals surface area (Å²) in [4.78, 5) is 29.2. The Kier molecular flexibility index (Phi) is 9.26. The van der Waals surface area contributed by atoms with Gasteiger partial charge in [-0.1, -0.05) is 12.1 Å². The Morgan fingerprint density at radius 1 is 1.11 bits per heavy atom. The SMILES string of the molecule is CCOC(Cc1ccc(OCCN(C)c2nc(Nc3ccc(F)cc3)nc(N3CCCC3)n2)cc1)C(=O)O. The Morgan fingerprint density at radius 3 is 2.47 bits per heavy atom. The van der Waals surface area contributed by atoms with E-state index in [0.717, 1.165) is 31.5 Å². The second-order valence-corrected chi connectivity index (χ2v) is 8.99. The number of hydrogen-bond acceptors (Lipinski definition) is 9. The third kappa shape index (κ3) is 7.51. The molecule has 0 amide bonds.